The lowest BCUT2D eigenvalue weighted by molar-refractivity contribution is -0.634. The van der Waals surface area contributed by atoms with Crippen molar-refractivity contribution >= 4 is 37.1 Å². The standard InChI is InChI=1S/C28H27NP2/c1-5-13-23(14-6-1)30(24-15-7-2-8-16-24)27-21-29-22-28(27)31(25-17-9-3-10-18-25)26-19-11-4-12-20-26/h1-20,27-29H,21-22H2/p+1/t27-,28-/m1/s1. The molecular weight excluding hydrogens is 412 g/mol. The van der Waals surface area contributed by atoms with E-state index in [2.05, 4.69) is 127 Å². The fourth-order valence-corrected chi connectivity index (χ4v) is 11.3. The molecule has 3 heteroatoms. The molecule has 0 spiro atoms. The smallest absolute Gasteiger partial charge is 0.0838 e. The molecular formula is C28H28NP2+. The first kappa shape index (κ1) is 20.6. The summed E-state index contributed by atoms with van der Waals surface area (Å²) in [7, 11) is -0.839. The molecule has 31 heavy (non-hydrogen) atoms. The van der Waals surface area contributed by atoms with E-state index in [1.54, 1.807) is 0 Å². The fourth-order valence-electron chi connectivity index (χ4n) is 4.73. The van der Waals surface area contributed by atoms with Gasteiger partial charge >= 0.3 is 0 Å². The van der Waals surface area contributed by atoms with E-state index in [1.807, 2.05) is 0 Å². The van der Waals surface area contributed by atoms with Crippen molar-refractivity contribution in [3.8, 4) is 0 Å². The molecule has 154 valence electrons. The Hall–Kier alpha value is -2.30. The van der Waals surface area contributed by atoms with Crippen LogP contribution in [0, 0.1) is 0 Å². The van der Waals surface area contributed by atoms with Crippen LogP contribution in [0.2, 0.25) is 0 Å². The fraction of sp³-hybridized carbons (Fsp3) is 0.143. The molecule has 4 aromatic carbocycles. The molecule has 2 N–H and O–H groups in total. The molecule has 1 nitrogen and oxygen atoms in total. The maximum absolute atomic E-state index is 2.57. The molecule has 0 aromatic heterocycles. The van der Waals surface area contributed by atoms with Crippen LogP contribution in [0.15, 0.2) is 121 Å². The summed E-state index contributed by atoms with van der Waals surface area (Å²) in [6, 6.07) is 45.0. The predicted molar refractivity (Wildman–Crippen MR) is 137 cm³/mol. The first-order valence-corrected chi connectivity index (χ1v) is 13.8. The zero-order valence-corrected chi connectivity index (χ0v) is 19.4. The van der Waals surface area contributed by atoms with Gasteiger partial charge in [0.25, 0.3) is 0 Å². The van der Waals surface area contributed by atoms with Crippen LogP contribution in [0.1, 0.15) is 0 Å². The van der Waals surface area contributed by atoms with Crippen LogP contribution in [0.3, 0.4) is 0 Å². The van der Waals surface area contributed by atoms with Crippen LogP contribution in [-0.4, -0.2) is 24.4 Å². The highest BCUT2D eigenvalue weighted by molar-refractivity contribution is 7.77. The first-order chi connectivity index (χ1) is 15.4. The third-order valence-corrected chi connectivity index (χ3v) is 12.2. The summed E-state index contributed by atoms with van der Waals surface area (Å²) in [6.07, 6.45) is 0. The Morgan fingerprint density at radius 3 is 0.935 bits per heavy atom. The SMILES string of the molecule is c1ccc(P(c2ccccc2)[C@@H]2C[NH2+]C[C@H]2P(c2ccccc2)c2ccccc2)cc1. The average molecular weight is 440 g/mol. The maximum Gasteiger partial charge on any atom is 0.0838 e. The Balaban J connectivity index is 1.60. The lowest BCUT2D eigenvalue weighted by Gasteiger charge is -2.33. The van der Waals surface area contributed by atoms with Gasteiger partial charge in [0, 0.05) is 11.3 Å². The number of hydrogen-bond donors (Lipinski definition) is 1. The van der Waals surface area contributed by atoms with Crippen LogP contribution >= 0.6 is 15.8 Å². The second kappa shape index (κ2) is 9.88. The van der Waals surface area contributed by atoms with Gasteiger partial charge in [-0.1, -0.05) is 121 Å². The van der Waals surface area contributed by atoms with Crippen molar-refractivity contribution in [2.24, 2.45) is 0 Å². The van der Waals surface area contributed by atoms with Gasteiger partial charge in [-0.2, -0.15) is 0 Å². The number of rotatable bonds is 6. The minimum absolute atomic E-state index is 0.420. The van der Waals surface area contributed by atoms with Gasteiger partial charge in [-0.05, 0) is 37.1 Å². The van der Waals surface area contributed by atoms with E-state index in [1.165, 1.54) is 34.3 Å². The maximum atomic E-state index is 2.57. The van der Waals surface area contributed by atoms with Crippen LogP contribution < -0.4 is 26.5 Å². The van der Waals surface area contributed by atoms with Crippen molar-refractivity contribution in [2.75, 3.05) is 13.1 Å². The summed E-state index contributed by atoms with van der Waals surface area (Å²) in [5.74, 6) is 0. The summed E-state index contributed by atoms with van der Waals surface area (Å²) in [5.41, 5.74) is 1.32. The van der Waals surface area contributed by atoms with E-state index in [4.69, 9.17) is 0 Å². The average Bonchev–Trinajstić information content (AvgIpc) is 3.31. The number of nitrogens with two attached hydrogens (primary N) is 1. The Bertz CT molecular complexity index is 903. The minimum atomic E-state index is -0.420. The molecule has 1 saturated heterocycles. The zero-order chi connectivity index (χ0) is 20.9. The summed E-state index contributed by atoms with van der Waals surface area (Å²) in [5, 5.41) is 8.59. The molecule has 1 aliphatic rings. The molecule has 2 atom stereocenters. The molecule has 4 aromatic rings. The quantitative estimate of drug-likeness (QED) is 0.442. The van der Waals surface area contributed by atoms with Gasteiger partial charge in [0.05, 0.1) is 13.1 Å². The van der Waals surface area contributed by atoms with Crippen molar-refractivity contribution in [1.29, 1.82) is 0 Å². The lowest BCUT2D eigenvalue weighted by atomic mass is 10.3. The Labute approximate surface area is 188 Å². The van der Waals surface area contributed by atoms with Crippen molar-refractivity contribution in [2.45, 2.75) is 11.3 Å². The van der Waals surface area contributed by atoms with Crippen molar-refractivity contribution in [3.05, 3.63) is 121 Å². The van der Waals surface area contributed by atoms with Crippen LogP contribution in [-0.2, 0) is 0 Å². The summed E-state index contributed by atoms with van der Waals surface area (Å²) < 4.78 is 0. The molecule has 0 amide bonds. The van der Waals surface area contributed by atoms with E-state index in [0.29, 0.717) is 11.3 Å². The van der Waals surface area contributed by atoms with E-state index < -0.39 is 15.8 Å². The molecule has 1 heterocycles. The van der Waals surface area contributed by atoms with E-state index in [-0.39, 0.29) is 0 Å². The van der Waals surface area contributed by atoms with Crippen molar-refractivity contribution < 1.29 is 5.32 Å². The first-order valence-electron chi connectivity index (χ1n) is 11.0. The third-order valence-electron chi connectivity index (χ3n) is 6.06. The van der Waals surface area contributed by atoms with Gasteiger partial charge < -0.3 is 5.32 Å². The molecule has 0 bridgehead atoms. The molecule has 0 saturated carbocycles. The number of hydrogen-bond acceptors (Lipinski definition) is 0. The molecule has 1 aliphatic heterocycles. The lowest BCUT2D eigenvalue weighted by Crippen LogP contribution is -2.82. The molecule has 1 fully saturated rings. The second-order valence-electron chi connectivity index (χ2n) is 7.98. The van der Waals surface area contributed by atoms with Gasteiger partial charge in [-0.3, -0.25) is 0 Å². The highest BCUT2D eigenvalue weighted by Gasteiger charge is 2.43. The summed E-state index contributed by atoms with van der Waals surface area (Å²) >= 11 is 0. The van der Waals surface area contributed by atoms with Crippen LogP contribution in [0.5, 0.6) is 0 Å². The van der Waals surface area contributed by atoms with E-state index in [9.17, 15) is 0 Å². The third kappa shape index (κ3) is 4.51. The zero-order valence-electron chi connectivity index (χ0n) is 17.6. The summed E-state index contributed by atoms with van der Waals surface area (Å²) in [6.45, 7) is 2.41. The van der Waals surface area contributed by atoms with Crippen molar-refractivity contribution in [3.63, 3.8) is 0 Å². The number of benzene rings is 4. The van der Waals surface area contributed by atoms with E-state index in [0.717, 1.165) is 0 Å². The Morgan fingerprint density at radius 2 is 0.677 bits per heavy atom. The highest BCUT2D eigenvalue weighted by Crippen LogP contribution is 2.51. The van der Waals surface area contributed by atoms with Gasteiger partial charge in [0.1, 0.15) is 0 Å². The monoisotopic (exact) mass is 440 g/mol. The van der Waals surface area contributed by atoms with Crippen LogP contribution in [0.25, 0.3) is 0 Å². The van der Waals surface area contributed by atoms with Gasteiger partial charge in [0.2, 0.25) is 0 Å². The second-order valence-corrected chi connectivity index (χ2v) is 12.8. The largest absolute Gasteiger partial charge is 0.345 e. The topological polar surface area (TPSA) is 16.6 Å². The minimum Gasteiger partial charge on any atom is -0.345 e. The van der Waals surface area contributed by atoms with Crippen molar-refractivity contribution in [1.82, 2.24) is 0 Å². The molecule has 0 radical (unpaired) electrons. The normalized spacial score (nSPS) is 18.5. The molecule has 5 rings (SSSR count). The Morgan fingerprint density at radius 1 is 0.419 bits per heavy atom. The Kier molecular flexibility index (Phi) is 6.57. The van der Waals surface area contributed by atoms with Gasteiger partial charge in [-0.15, -0.1) is 0 Å². The summed E-state index contributed by atoms with van der Waals surface area (Å²) in [4.78, 5) is 0. The van der Waals surface area contributed by atoms with E-state index >= 15 is 0 Å². The molecule has 0 aliphatic carbocycles. The van der Waals surface area contributed by atoms with Crippen LogP contribution in [0.4, 0.5) is 0 Å². The molecule has 0 unspecified atom stereocenters. The predicted octanol–water partition coefficient (Wildman–Crippen LogP) is 3.57. The van der Waals surface area contributed by atoms with Gasteiger partial charge in [0.15, 0.2) is 0 Å². The number of quaternary nitrogens is 1. The van der Waals surface area contributed by atoms with Gasteiger partial charge in [-0.25, -0.2) is 0 Å². The highest BCUT2D eigenvalue weighted by atomic mass is 31.1.